The van der Waals surface area contributed by atoms with Crippen molar-refractivity contribution in [1.29, 1.82) is 0 Å². The van der Waals surface area contributed by atoms with E-state index in [9.17, 15) is 4.79 Å². The summed E-state index contributed by atoms with van der Waals surface area (Å²) in [5.41, 5.74) is 6.70. The van der Waals surface area contributed by atoms with Crippen molar-refractivity contribution >= 4 is 5.91 Å². The lowest BCUT2D eigenvalue weighted by atomic mass is 9.82. The molecule has 2 N–H and O–H groups in total. The summed E-state index contributed by atoms with van der Waals surface area (Å²) >= 11 is 0. The predicted molar refractivity (Wildman–Crippen MR) is 79.5 cm³/mol. The normalized spacial score (nSPS) is 20.6. The van der Waals surface area contributed by atoms with Crippen molar-refractivity contribution in [3.05, 3.63) is 47.1 Å². The molecule has 0 radical (unpaired) electrons. The van der Waals surface area contributed by atoms with Gasteiger partial charge in [0.15, 0.2) is 5.82 Å². The maximum Gasteiger partial charge on any atom is 0.248 e. The maximum atomic E-state index is 11.2. The van der Waals surface area contributed by atoms with E-state index < -0.39 is 5.91 Å². The van der Waals surface area contributed by atoms with Crippen molar-refractivity contribution in [3.8, 4) is 0 Å². The van der Waals surface area contributed by atoms with Gasteiger partial charge in [-0.2, -0.15) is 4.98 Å². The van der Waals surface area contributed by atoms with Gasteiger partial charge in [-0.3, -0.25) is 4.79 Å². The number of carbonyl (C=O) groups is 1. The number of nitrogens with zero attached hydrogens (tertiary/aromatic N) is 2. The van der Waals surface area contributed by atoms with Crippen LogP contribution in [-0.4, -0.2) is 28.8 Å². The first kappa shape index (κ1) is 14.7. The molecule has 116 valence electrons. The second-order valence-electron chi connectivity index (χ2n) is 5.54. The summed E-state index contributed by atoms with van der Waals surface area (Å²) in [6, 6.07) is 7.16. The fourth-order valence-electron chi connectivity index (χ4n) is 2.66. The van der Waals surface area contributed by atoms with E-state index in [1.54, 1.807) is 18.2 Å². The second kappa shape index (κ2) is 6.27. The molecule has 0 spiro atoms. The van der Waals surface area contributed by atoms with Crippen molar-refractivity contribution in [3.63, 3.8) is 0 Å². The van der Waals surface area contributed by atoms with E-state index in [4.69, 9.17) is 15.0 Å². The Labute approximate surface area is 128 Å². The Hall–Kier alpha value is -2.21. The second-order valence-corrected chi connectivity index (χ2v) is 5.54. The van der Waals surface area contributed by atoms with E-state index in [-0.39, 0.29) is 0 Å². The highest BCUT2D eigenvalue weighted by molar-refractivity contribution is 5.92. The van der Waals surface area contributed by atoms with Crippen molar-refractivity contribution in [1.82, 2.24) is 10.1 Å². The van der Waals surface area contributed by atoms with Crippen LogP contribution in [0.2, 0.25) is 0 Å². The minimum Gasteiger partial charge on any atom is -0.378 e. The van der Waals surface area contributed by atoms with Crippen LogP contribution in [0.15, 0.2) is 28.8 Å². The number of hydrogen-bond donors (Lipinski definition) is 1. The Morgan fingerprint density at radius 2 is 2.27 bits per heavy atom. The van der Waals surface area contributed by atoms with Crippen LogP contribution in [0.4, 0.5) is 0 Å². The van der Waals surface area contributed by atoms with Crippen molar-refractivity contribution in [2.24, 2.45) is 5.73 Å². The van der Waals surface area contributed by atoms with Gasteiger partial charge in [-0.05, 0) is 37.5 Å². The molecule has 0 bridgehead atoms. The lowest BCUT2D eigenvalue weighted by Crippen LogP contribution is -2.29. The molecule has 1 fully saturated rings. The molecule has 6 heteroatoms. The summed E-state index contributed by atoms with van der Waals surface area (Å²) in [5.74, 6) is 1.16. The first-order chi connectivity index (χ1) is 10.7. The monoisotopic (exact) mass is 301 g/mol. The zero-order chi connectivity index (χ0) is 15.5. The van der Waals surface area contributed by atoms with Crippen LogP contribution in [0.25, 0.3) is 0 Å². The Morgan fingerprint density at radius 1 is 1.45 bits per heavy atom. The third-order valence-corrected chi connectivity index (χ3v) is 3.90. The summed E-state index contributed by atoms with van der Waals surface area (Å²) in [7, 11) is 0. The number of aromatic nitrogens is 2. The van der Waals surface area contributed by atoms with Gasteiger partial charge in [0.1, 0.15) is 0 Å². The predicted octanol–water partition coefficient (Wildman–Crippen LogP) is 2.04. The lowest BCUT2D eigenvalue weighted by molar-refractivity contribution is -0.00961. The third-order valence-electron chi connectivity index (χ3n) is 3.90. The molecule has 1 aliphatic carbocycles. The largest absolute Gasteiger partial charge is 0.378 e. The Balaban J connectivity index is 1.63. The molecule has 1 aromatic carbocycles. The fourth-order valence-corrected chi connectivity index (χ4v) is 2.66. The van der Waals surface area contributed by atoms with Gasteiger partial charge in [0.2, 0.25) is 11.8 Å². The first-order valence-corrected chi connectivity index (χ1v) is 7.48. The Bertz CT molecular complexity index is 662. The van der Waals surface area contributed by atoms with Crippen molar-refractivity contribution < 1.29 is 14.1 Å². The number of amides is 1. The average Bonchev–Trinajstić information content (AvgIpc) is 2.90. The smallest absolute Gasteiger partial charge is 0.248 e. The lowest BCUT2D eigenvalue weighted by Gasteiger charge is -2.32. The molecule has 22 heavy (non-hydrogen) atoms. The number of ether oxygens (including phenoxy) is 1. The maximum absolute atomic E-state index is 11.2. The van der Waals surface area contributed by atoms with E-state index in [0.717, 1.165) is 25.0 Å². The van der Waals surface area contributed by atoms with Crippen LogP contribution in [-0.2, 0) is 11.2 Å². The molecule has 0 aliphatic heterocycles. The number of nitrogens with two attached hydrogens (primary N) is 1. The zero-order valence-electron chi connectivity index (χ0n) is 12.5. The number of hydrogen-bond acceptors (Lipinski definition) is 5. The Kier molecular flexibility index (Phi) is 4.20. The van der Waals surface area contributed by atoms with Gasteiger partial charge >= 0.3 is 0 Å². The number of primary amides is 1. The molecule has 0 atom stereocenters. The number of benzene rings is 1. The number of carbonyl (C=O) groups excluding carboxylic acids is 1. The molecule has 1 aromatic heterocycles. The average molecular weight is 301 g/mol. The molecular formula is C16H19N3O3. The van der Waals surface area contributed by atoms with E-state index in [1.807, 2.05) is 13.0 Å². The summed E-state index contributed by atoms with van der Waals surface area (Å²) in [4.78, 5) is 15.6. The minimum atomic E-state index is -0.438. The Morgan fingerprint density at radius 3 is 3.00 bits per heavy atom. The van der Waals surface area contributed by atoms with Gasteiger partial charge < -0.3 is 15.0 Å². The van der Waals surface area contributed by atoms with Crippen LogP contribution in [0.1, 0.15) is 53.3 Å². The van der Waals surface area contributed by atoms with Crippen LogP contribution in [0.3, 0.4) is 0 Å². The molecular weight excluding hydrogens is 282 g/mol. The van der Waals surface area contributed by atoms with Crippen LogP contribution in [0, 0.1) is 0 Å². The standard InChI is InChI=1S/C16H19N3O3/c1-2-21-13-8-12(9-13)16-18-14(19-22-16)7-10-4-3-5-11(6-10)15(17)20/h3-6,12-13H,2,7-9H2,1H3,(H2,17,20). The van der Waals surface area contributed by atoms with E-state index in [1.165, 1.54) is 0 Å². The molecule has 1 saturated carbocycles. The molecule has 3 rings (SSSR count). The van der Waals surface area contributed by atoms with E-state index >= 15 is 0 Å². The van der Waals surface area contributed by atoms with E-state index in [2.05, 4.69) is 10.1 Å². The van der Waals surface area contributed by atoms with Crippen LogP contribution >= 0.6 is 0 Å². The molecule has 1 heterocycles. The highest BCUT2D eigenvalue weighted by Crippen LogP contribution is 2.37. The van der Waals surface area contributed by atoms with Crippen LogP contribution < -0.4 is 5.73 Å². The fraction of sp³-hybridized carbons (Fsp3) is 0.438. The SMILES string of the molecule is CCOC1CC(c2nc(Cc3cccc(C(N)=O)c3)no2)C1. The molecule has 1 amide bonds. The van der Waals surface area contributed by atoms with Gasteiger partial charge in [-0.25, -0.2) is 0 Å². The number of rotatable bonds is 6. The zero-order valence-corrected chi connectivity index (χ0v) is 12.5. The van der Waals surface area contributed by atoms with Gasteiger partial charge in [0.05, 0.1) is 6.10 Å². The highest BCUT2D eigenvalue weighted by atomic mass is 16.5. The van der Waals surface area contributed by atoms with Crippen molar-refractivity contribution in [2.45, 2.75) is 38.2 Å². The van der Waals surface area contributed by atoms with Gasteiger partial charge in [-0.1, -0.05) is 17.3 Å². The summed E-state index contributed by atoms with van der Waals surface area (Å²) < 4.78 is 10.9. The third kappa shape index (κ3) is 3.17. The minimum absolute atomic E-state index is 0.301. The quantitative estimate of drug-likeness (QED) is 0.881. The molecule has 0 unspecified atom stereocenters. The van der Waals surface area contributed by atoms with Crippen LogP contribution in [0.5, 0.6) is 0 Å². The molecule has 2 aromatic rings. The van der Waals surface area contributed by atoms with Gasteiger partial charge in [0, 0.05) is 24.5 Å². The van der Waals surface area contributed by atoms with Crippen molar-refractivity contribution in [2.75, 3.05) is 6.61 Å². The first-order valence-electron chi connectivity index (χ1n) is 7.48. The van der Waals surface area contributed by atoms with Gasteiger partial charge in [0.25, 0.3) is 0 Å². The molecule has 1 aliphatic rings. The molecule has 0 saturated heterocycles. The highest BCUT2D eigenvalue weighted by Gasteiger charge is 2.34. The summed E-state index contributed by atoms with van der Waals surface area (Å²) in [5, 5.41) is 4.02. The molecule has 6 nitrogen and oxygen atoms in total. The van der Waals surface area contributed by atoms with E-state index in [0.29, 0.717) is 35.7 Å². The van der Waals surface area contributed by atoms with Gasteiger partial charge in [-0.15, -0.1) is 0 Å². The topological polar surface area (TPSA) is 91.2 Å². The summed E-state index contributed by atoms with van der Waals surface area (Å²) in [6.45, 7) is 2.74. The summed E-state index contributed by atoms with van der Waals surface area (Å²) in [6.07, 6.45) is 2.71.